The van der Waals surface area contributed by atoms with Crippen LogP contribution in [0.25, 0.3) is 0 Å². The van der Waals surface area contributed by atoms with Crippen molar-refractivity contribution in [1.82, 2.24) is 0 Å². The molecule has 4 nitrogen and oxygen atoms in total. The largest absolute Gasteiger partial charge is 0.444 e. The second kappa shape index (κ2) is 6.79. The molecule has 1 aromatic rings. The van der Waals surface area contributed by atoms with Gasteiger partial charge in [-0.25, -0.2) is 13.6 Å². The topological polar surface area (TPSA) is 64.3 Å². The molecule has 1 amide bonds. The number of amides is 1. The van der Waals surface area contributed by atoms with Gasteiger partial charge in [-0.05, 0) is 51.8 Å². The zero-order chi connectivity index (χ0) is 17.1. The zero-order valence-corrected chi connectivity index (χ0v) is 13.8. The highest BCUT2D eigenvalue weighted by Crippen LogP contribution is 2.26. The van der Waals surface area contributed by atoms with Crippen LogP contribution in [0, 0.1) is 0 Å². The van der Waals surface area contributed by atoms with Gasteiger partial charge < -0.3 is 10.5 Å². The van der Waals surface area contributed by atoms with E-state index >= 15 is 0 Å². The number of anilines is 1. The van der Waals surface area contributed by atoms with Crippen molar-refractivity contribution in [3.8, 4) is 0 Å². The molecule has 124 valence electrons. The summed E-state index contributed by atoms with van der Waals surface area (Å²) in [5.74, 6) is 0. The first kappa shape index (κ1) is 18.6. The van der Waals surface area contributed by atoms with E-state index in [1.807, 2.05) is 0 Å². The molecule has 0 aliphatic carbocycles. The van der Waals surface area contributed by atoms with Gasteiger partial charge in [-0.15, -0.1) is 0 Å². The number of rotatable bonds is 4. The van der Waals surface area contributed by atoms with Crippen molar-refractivity contribution in [3.63, 3.8) is 0 Å². The molecular weight excluding hydrogens is 314 g/mol. The number of hydrogen-bond acceptors (Lipinski definition) is 3. The van der Waals surface area contributed by atoms with E-state index in [1.165, 1.54) is 19.1 Å². The standard InChI is InChI=1S/C15H21ClF2N2O2/c1-14(2,3)22-13(21)20-11-7-9(5-6-10(11)16)8-15(4,19)12(17)18/h5-7,12H,8,19H2,1-4H3,(H,20,21). The second-order valence-electron chi connectivity index (χ2n) is 6.42. The summed E-state index contributed by atoms with van der Waals surface area (Å²) in [7, 11) is 0. The highest BCUT2D eigenvalue weighted by molar-refractivity contribution is 6.33. The van der Waals surface area contributed by atoms with Crippen molar-refractivity contribution >= 4 is 23.4 Å². The van der Waals surface area contributed by atoms with Crippen molar-refractivity contribution in [2.45, 2.75) is 51.7 Å². The normalized spacial score (nSPS) is 14.6. The highest BCUT2D eigenvalue weighted by Gasteiger charge is 2.30. The van der Waals surface area contributed by atoms with Crippen LogP contribution in [0.1, 0.15) is 33.3 Å². The number of carbonyl (C=O) groups excluding carboxylic acids is 1. The minimum absolute atomic E-state index is 0.0508. The molecule has 1 rings (SSSR count). The lowest BCUT2D eigenvalue weighted by molar-refractivity contribution is 0.0630. The lowest BCUT2D eigenvalue weighted by Gasteiger charge is -2.24. The summed E-state index contributed by atoms with van der Waals surface area (Å²) < 4.78 is 30.8. The van der Waals surface area contributed by atoms with E-state index in [0.29, 0.717) is 11.3 Å². The quantitative estimate of drug-likeness (QED) is 0.866. The van der Waals surface area contributed by atoms with Gasteiger partial charge in [0.25, 0.3) is 6.43 Å². The van der Waals surface area contributed by atoms with E-state index in [-0.39, 0.29) is 11.4 Å². The SMILES string of the molecule is CC(C)(C)OC(=O)Nc1cc(CC(C)(N)C(F)F)ccc1Cl. The Bertz CT molecular complexity index is 543. The van der Waals surface area contributed by atoms with Crippen molar-refractivity contribution < 1.29 is 18.3 Å². The van der Waals surface area contributed by atoms with Gasteiger partial charge in [0.2, 0.25) is 0 Å². The van der Waals surface area contributed by atoms with Gasteiger partial charge in [0.05, 0.1) is 16.2 Å². The second-order valence-corrected chi connectivity index (χ2v) is 6.83. The summed E-state index contributed by atoms with van der Waals surface area (Å²) in [4.78, 5) is 11.7. The van der Waals surface area contributed by atoms with Gasteiger partial charge in [-0.1, -0.05) is 17.7 Å². The van der Waals surface area contributed by atoms with Crippen molar-refractivity contribution in [2.75, 3.05) is 5.32 Å². The molecule has 1 aromatic carbocycles. The number of nitrogens with two attached hydrogens (primary N) is 1. The summed E-state index contributed by atoms with van der Waals surface area (Å²) in [6.07, 6.45) is -3.38. The number of ether oxygens (including phenoxy) is 1. The van der Waals surface area contributed by atoms with Crippen LogP contribution in [0.2, 0.25) is 5.02 Å². The van der Waals surface area contributed by atoms with Crippen LogP contribution in [0.4, 0.5) is 19.3 Å². The van der Waals surface area contributed by atoms with Crippen molar-refractivity contribution in [1.29, 1.82) is 0 Å². The van der Waals surface area contributed by atoms with Crippen LogP contribution in [-0.2, 0) is 11.2 Å². The molecule has 7 heteroatoms. The molecule has 22 heavy (non-hydrogen) atoms. The summed E-state index contributed by atoms with van der Waals surface area (Å²) >= 11 is 6.00. The first-order valence-corrected chi connectivity index (χ1v) is 7.14. The summed E-state index contributed by atoms with van der Waals surface area (Å²) in [5, 5.41) is 2.78. The third-order valence-corrected chi connectivity index (χ3v) is 3.08. The van der Waals surface area contributed by atoms with E-state index in [9.17, 15) is 13.6 Å². The maximum atomic E-state index is 12.8. The predicted octanol–water partition coefficient (Wildman–Crippen LogP) is 4.21. The molecule has 0 heterocycles. The van der Waals surface area contributed by atoms with Gasteiger partial charge in [0.1, 0.15) is 5.60 Å². The first-order valence-electron chi connectivity index (χ1n) is 6.76. The third-order valence-electron chi connectivity index (χ3n) is 2.75. The van der Waals surface area contributed by atoms with Crippen molar-refractivity contribution in [2.24, 2.45) is 5.73 Å². The van der Waals surface area contributed by atoms with E-state index in [2.05, 4.69) is 5.32 Å². The number of hydrogen-bond donors (Lipinski definition) is 2. The Kier molecular flexibility index (Phi) is 5.76. The summed E-state index contributed by atoms with van der Waals surface area (Å²) in [6.45, 7) is 6.46. The molecule has 3 N–H and O–H groups in total. The lowest BCUT2D eigenvalue weighted by Crippen LogP contribution is -2.45. The van der Waals surface area contributed by atoms with Crippen LogP contribution in [0.15, 0.2) is 18.2 Å². The van der Waals surface area contributed by atoms with Gasteiger partial charge >= 0.3 is 6.09 Å². The van der Waals surface area contributed by atoms with E-state index < -0.39 is 23.7 Å². The maximum absolute atomic E-state index is 12.8. The Morgan fingerprint density at radius 1 is 1.36 bits per heavy atom. The third kappa shape index (κ3) is 5.77. The van der Waals surface area contributed by atoms with Crippen LogP contribution < -0.4 is 11.1 Å². The average molecular weight is 335 g/mol. The smallest absolute Gasteiger partial charge is 0.412 e. The fraction of sp³-hybridized carbons (Fsp3) is 0.533. The molecule has 0 fully saturated rings. The van der Waals surface area contributed by atoms with Gasteiger partial charge in [0, 0.05) is 0 Å². The average Bonchev–Trinajstić information content (AvgIpc) is 2.30. The molecule has 0 saturated carbocycles. The summed E-state index contributed by atoms with van der Waals surface area (Å²) in [6, 6.07) is 4.63. The monoisotopic (exact) mass is 334 g/mol. The Morgan fingerprint density at radius 2 is 1.95 bits per heavy atom. The number of nitrogens with one attached hydrogen (secondary N) is 1. The van der Waals surface area contributed by atoms with Crippen molar-refractivity contribution in [3.05, 3.63) is 28.8 Å². The van der Waals surface area contributed by atoms with Gasteiger partial charge in [0.15, 0.2) is 0 Å². The first-order chi connectivity index (χ1) is 9.90. The van der Waals surface area contributed by atoms with Gasteiger partial charge in [-0.3, -0.25) is 5.32 Å². The molecular formula is C15H21ClF2N2O2. The predicted molar refractivity (Wildman–Crippen MR) is 83.6 cm³/mol. The molecule has 1 unspecified atom stereocenters. The molecule has 0 bridgehead atoms. The maximum Gasteiger partial charge on any atom is 0.412 e. The fourth-order valence-corrected chi connectivity index (χ4v) is 1.87. The molecule has 0 saturated heterocycles. The van der Waals surface area contributed by atoms with E-state index in [1.54, 1.807) is 26.8 Å². The van der Waals surface area contributed by atoms with Crippen LogP contribution in [-0.4, -0.2) is 23.7 Å². The van der Waals surface area contributed by atoms with Crippen LogP contribution in [0.3, 0.4) is 0 Å². The molecule has 0 radical (unpaired) electrons. The molecule has 0 aliphatic rings. The minimum atomic E-state index is -2.66. The number of halogens is 3. The Hall–Kier alpha value is -1.40. The molecule has 0 aromatic heterocycles. The van der Waals surface area contributed by atoms with E-state index in [0.717, 1.165) is 0 Å². The lowest BCUT2D eigenvalue weighted by atomic mass is 9.94. The Morgan fingerprint density at radius 3 is 2.45 bits per heavy atom. The van der Waals surface area contributed by atoms with Gasteiger partial charge in [-0.2, -0.15) is 0 Å². The van der Waals surface area contributed by atoms with Crippen LogP contribution in [0.5, 0.6) is 0 Å². The fourth-order valence-electron chi connectivity index (χ4n) is 1.71. The van der Waals surface area contributed by atoms with E-state index in [4.69, 9.17) is 22.1 Å². The number of alkyl halides is 2. The zero-order valence-electron chi connectivity index (χ0n) is 13.0. The Labute approximate surface area is 134 Å². The Balaban J connectivity index is 2.89. The molecule has 0 spiro atoms. The number of benzene rings is 1. The minimum Gasteiger partial charge on any atom is -0.444 e. The number of carbonyl (C=O) groups is 1. The summed E-state index contributed by atoms with van der Waals surface area (Å²) in [5.41, 5.74) is 4.09. The highest BCUT2D eigenvalue weighted by atomic mass is 35.5. The molecule has 0 aliphatic heterocycles. The van der Waals surface area contributed by atoms with Crippen LogP contribution >= 0.6 is 11.6 Å². The molecule has 1 atom stereocenters.